The van der Waals surface area contributed by atoms with E-state index in [1.807, 2.05) is 18.2 Å². The van der Waals surface area contributed by atoms with Crippen molar-refractivity contribution in [1.82, 2.24) is 0 Å². The second kappa shape index (κ2) is 9.11. The molecule has 0 atom stereocenters. The lowest BCUT2D eigenvalue weighted by atomic mass is 10.1. The summed E-state index contributed by atoms with van der Waals surface area (Å²) < 4.78 is 10.6. The van der Waals surface area contributed by atoms with Crippen molar-refractivity contribution in [3.8, 4) is 11.5 Å². The van der Waals surface area contributed by atoms with Crippen LogP contribution in [0.5, 0.6) is 11.5 Å². The van der Waals surface area contributed by atoms with Crippen molar-refractivity contribution in [1.29, 1.82) is 0 Å². The average molecular weight is 289 g/mol. The Labute approximate surface area is 128 Å². The summed E-state index contributed by atoms with van der Waals surface area (Å²) in [6, 6.07) is 5.75. The first-order valence-corrected chi connectivity index (χ1v) is 7.31. The van der Waals surface area contributed by atoms with Gasteiger partial charge in [-0.15, -0.1) is 0 Å². The largest absolute Gasteiger partial charge is 0.497 e. The van der Waals surface area contributed by atoms with Crippen LogP contribution in [0.3, 0.4) is 0 Å². The number of ether oxygens (including phenoxy) is 2. The molecule has 1 rings (SSSR count). The van der Waals surface area contributed by atoms with Gasteiger partial charge >= 0.3 is 0 Å². The molecule has 0 fully saturated rings. The Morgan fingerprint density at radius 1 is 1.10 bits per heavy atom. The van der Waals surface area contributed by atoms with E-state index < -0.39 is 0 Å². The molecule has 1 aromatic rings. The van der Waals surface area contributed by atoms with E-state index in [1.54, 1.807) is 14.2 Å². The first kappa shape index (κ1) is 17.2. The first-order valence-electron chi connectivity index (χ1n) is 7.31. The topological polar surface area (TPSA) is 30.5 Å². The van der Waals surface area contributed by atoms with Gasteiger partial charge < -0.3 is 14.8 Å². The summed E-state index contributed by atoms with van der Waals surface area (Å²) in [7, 11) is 3.34. The molecule has 0 aliphatic carbocycles. The third kappa shape index (κ3) is 6.39. The number of hydrogen-bond donors (Lipinski definition) is 1. The molecule has 0 saturated heterocycles. The molecule has 0 aliphatic rings. The molecule has 0 spiro atoms. The average Bonchev–Trinajstić information content (AvgIpc) is 2.46. The van der Waals surface area contributed by atoms with E-state index in [-0.39, 0.29) is 0 Å². The zero-order chi connectivity index (χ0) is 15.7. The van der Waals surface area contributed by atoms with Crippen LogP contribution in [0, 0.1) is 0 Å². The Balaban J connectivity index is 2.56. The van der Waals surface area contributed by atoms with Gasteiger partial charge in [0.1, 0.15) is 11.5 Å². The highest BCUT2D eigenvalue weighted by Gasteiger charge is 2.03. The zero-order valence-corrected chi connectivity index (χ0v) is 13.8. The van der Waals surface area contributed by atoms with Crippen LogP contribution in [0.4, 0.5) is 5.69 Å². The van der Waals surface area contributed by atoms with E-state index in [1.165, 1.54) is 11.1 Å². The van der Waals surface area contributed by atoms with Gasteiger partial charge in [0.15, 0.2) is 0 Å². The molecule has 1 aromatic carbocycles. The van der Waals surface area contributed by atoms with Crippen molar-refractivity contribution >= 4 is 5.69 Å². The summed E-state index contributed by atoms with van der Waals surface area (Å²) in [4.78, 5) is 0. The summed E-state index contributed by atoms with van der Waals surface area (Å²) in [6.07, 6.45) is 6.70. The fourth-order valence-electron chi connectivity index (χ4n) is 1.98. The van der Waals surface area contributed by atoms with Crippen molar-refractivity contribution in [2.75, 3.05) is 26.1 Å². The minimum Gasteiger partial charge on any atom is -0.497 e. The number of hydrogen-bond acceptors (Lipinski definition) is 3. The second-order valence-corrected chi connectivity index (χ2v) is 5.32. The zero-order valence-electron chi connectivity index (χ0n) is 13.8. The molecule has 0 aromatic heterocycles. The van der Waals surface area contributed by atoms with Crippen LogP contribution in [0.1, 0.15) is 33.6 Å². The van der Waals surface area contributed by atoms with Gasteiger partial charge in [0.2, 0.25) is 0 Å². The SMILES string of the molecule is COc1ccc(OC)c(NCC=C(C)CCC=C(C)C)c1. The van der Waals surface area contributed by atoms with E-state index in [0.29, 0.717) is 0 Å². The summed E-state index contributed by atoms with van der Waals surface area (Å²) in [5.41, 5.74) is 3.72. The molecule has 1 N–H and O–H groups in total. The molecule has 0 aliphatic heterocycles. The molecule has 0 amide bonds. The van der Waals surface area contributed by atoms with Gasteiger partial charge in [-0.25, -0.2) is 0 Å². The monoisotopic (exact) mass is 289 g/mol. The third-order valence-corrected chi connectivity index (χ3v) is 3.24. The van der Waals surface area contributed by atoms with Gasteiger partial charge in [-0.3, -0.25) is 0 Å². The Morgan fingerprint density at radius 2 is 1.86 bits per heavy atom. The van der Waals surface area contributed by atoms with Crippen molar-refractivity contribution < 1.29 is 9.47 Å². The van der Waals surface area contributed by atoms with Crippen molar-refractivity contribution in [2.45, 2.75) is 33.6 Å². The first-order chi connectivity index (χ1) is 10.1. The Morgan fingerprint density at radius 3 is 2.48 bits per heavy atom. The molecule has 0 unspecified atom stereocenters. The van der Waals surface area contributed by atoms with Crippen molar-refractivity contribution in [2.24, 2.45) is 0 Å². The summed E-state index contributed by atoms with van der Waals surface area (Å²) in [5, 5.41) is 3.37. The number of methoxy groups -OCH3 is 2. The van der Waals surface area contributed by atoms with Crippen LogP contribution < -0.4 is 14.8 Å². The third-order valence-electron chi connectivity index (χ3n) is 3.24. The maximum Gasteiger partial charge on any atom is 0.142 e. The molecule has 3 nitrogen and oxygen atoms in total. The van der Waals surface area contributed by atoms with Crippen LogP contribution in [-0.4, -0.2) is 20.8 Å². The molecule has 0 saturated carbocycles. The molecular weight excluding hydrogens is 262 g/mol. The fraction of sp³-hybridized carbons (Fsp3) is 0.444. The maximum absolute atomic E-state index is 5.35. The van der Waals surface area contributed by atoms with Gasteiger partial charge in [0, 0.05) is 12.6 Å². The summed E-state index contributed by atoms with van der Waals surface area (Å²) >= 11 is 0. The molecule has 0 radical (unpaired) electrons. The molecule has 116 valence electrons. The van der Waals surface area contributed by atoms with Crippen LogP contribution >= 0.6 is 0 Å². The van der Waals surface area contributed by atoms with E-state index >= 15 is 0 Å². The highest BCUT2D eigenvalue weighted by Crippen LogP contribution is 2.28. The summed E-state index contributed by atoms with van der Waals surface area (Å²) in [5.74, 6) is 1.65. The maximum atomic E-state index is 5.35. The van der Waals surface area contributed by atoms with Crippen LogP contribution in [-0.2, 0) is 0 Å². The standard InChI is InChI=1S/C18H27NO2/c1-14(2)7-6-8-15(3)11-12-19-17-13-16(20-4)9-10-18(17)21-5/h7,9-11,13,19H,6,8,12H2,1-5H3. The summed E-state index contributed by atoms with van der Waals surface area (Å²) in [6.45, 7) is 7.22. The fourth-order valence-corrected chi connectivity index (χ4v) is 1.98. The quantitative estimate of drug-likeness (QED) is 0.697. The van der Waals surface area contributed by atoms with Crippen LogP contribution in [0.25, 0.3) is 0 Å². The minimum atomic E-state index is 0.782. The highest BCUT2D eigenvalue weighted by molar-refractivity contribution is 5.60. The number of nitrogens with one attached hydrogen (secondary N) is 1. The number of rotatable bonds is 8. The van der Waals surface area contributed by atoms with E-state index in [0.717, 1.165) is 36.6 Å². The molecular formula is C18H27NO2. The van der Waals surface area contributed by atoms with Crippen LogP contribution in [0.15, 0.2) is 41.5 Å². The van der Waals surface area contributed by atoms with Gasteiger partial charge in [-0.05, 0) is 45.7 Å². The lowest BCUT2D eigenvalue weighted by molar-refractivity contribution is 0.404. The Bertz CT molecular complexity index is 500. The molecule has 3 heteroatoms. The second-order valence-electron chi connectivity index (χ2n) is 5.32. The predicted octanol–water partition coefficient (Wildman–Crippen LogP) is 4.81. The van der Waals surface area contributed by atoms with E-state index in [9.17, 15) is 0 Å². The van der Waals surface area contributed by atoms with Gasteiger partial charge in [0.25, 0.3) is 0 Å². The van der Waals surface area contributed by atoms with E-state index in [2.05, 4.69) is 38.2 Å². The Hall–Kier alpha value is -1.90. The number of benzene rings is 1. The lowest BCUT2D eigenvalue weighted by Crippen LogP contribution is -2.02. The van der Waals surface area contributed by atoms with Gasteiger partial charge in [-0.1, -0.05) is 23.3 Å². The van der Waals surface area contributed by atoms with Crippen LogP contribution in [0.2, 0.25) is 0 Å². The minimum absolute atomic E-state index is 0.782. The van der Waals surface area contributed by atoms with Gasteiger partial charge in [0.05, 0.1) is 19.9 Å². The van der Waals surface area contributed by atoms with Gasteiger partial charge in [-0.2, -0.15) is 0 Å². The van der Waals surface area contributed by atoms with Crippen molar-refractivity contribution in [3.63, 3.8) is 0 Å². The highest BCUT2D eigenvalue weighted by atomic mass is 16.5. The number of anilines is 1. The normalized spacial score (nSPS) is 11.0. The Kier molecular flexibility index (Phi) is 7.44. The molecule has 0 bridgehead atoms. The smallest absolute Gasteiger partial charge is 0.142 e. The van der Waals surface area contributed by atoms with E-state index in [4.69, 9.17) is 9.47 Å². The van der Waals surface area contributed by atoms with Crippen molar-refractivity contribution in [3.05, 3.63) is 41.5 Å². The molecule has 21 heavy (non-hydrogen) atoms. The number of allylic oxidation sites excluding steroid dienone is 3. The molecule has 0 heterocycles. The predicted molar refractivity (Wildman–Crippen MR) is 90.5 cm³/mol. The lowest BCUT2D eigenvalue weighted by Gasteiger charge is -2.11.